The number of ether oxygens (including phenoxy) is 1. The van der Waals surface area contributed by atoms with Gasteiger partial charge in [0.05, 0.1) is 9.77 Å². The molecule has 0 spiro atoms. The lowest BCUT2D eigenvalue weighted by molar-refractivity contribution is 0.128. The van der Waals surface area contributed by atoms with E-state index in [1.54, 1.807) is 10.9 Å². The molecule has 2 aromatic rings. The number of nitrogens with zero attached hydrogens (tertiary/aromatic N) is 4. The van der Waals surface area contributed by atoms with Crippen molar-refractivity contribution in [1.82, 2.24) is 19.7 Å². The lowest BCUT2D eigenvalue weighted by atomic mass is 10.5. The average molecular weight is 359 g/mol. The molecule has 2 aromatic heterocycles. The van der Waals surface area contributed by atoms with Crippen LogP contribution in [0, 0.1) is 3.57 Å². The van der Waals surface area contributed by atoms with E-state index in [0.29, 0.717) is 19.0 Å². The van der Waals surface area contributed by atoms with Crippen LogP contribution in [0.2, 0.25) is 0 Å². The number of nitrogens with one attached hydrogen (secondary N) is 1. The Morgan fingerprint density at radius 1 is 1.44 bits per heavy atom. The Bertz CT molecular complexity index is 528. The smallest absolute Gasteiger partial charge is 0.159 e. The molecule has 1 N–H and O–H groups in total. The summed E-state index contributed by atoms with van der Waals surface area (Å²) >= 11 is 2.21. The van der Waals surface area contributed by atoms with Crippen molar-refractivity contribution in [1.29, 1.82) is 0 Å². The van der Waals surface area contributed by atoms with Crippen LogP contribution in [0.1, 0.15) is 12.7 Å². The Morgan fingerprint density at radius 2 is 2.28 bits per heavy atom. The van der Waals surface area contributed by atoms with Gasteiger partial charge in [0.2, 0.25) is 0 Å². The number of aromatic nitrogens is 4. The molecule has 0 atom stereocenters. The summed E-state index contributed by atoms with van der Waals surface area (Å²) in [5.41, 5.74) is 0. The summed E-state index contributed by atoms with van der Waals surface area (Å²) < 4.78 is 8.11. The molecular weight excluding hydrogens is 345 g/mol. The van der Waals surface area contributed by atoms with Gasteiger partial charge in [-0.25, -0.2) is 14.6 Å². The van der Waals surface area contributed by atoms with Crippen molar-refractivity contribution in [2.45, 2.75) is 13.5 Å². The molecule has 0 amide bonds. The summed E-state index contributed by atoms with van der Waals surface area (Å²) in [5, 5.41) is 7.24. The van der Waals surface area contributed by atoms with Gasteiger partial charge in [-0.3, -0.25) is 0 Å². The van der Waals surface area contributed by atoms with Gasteiger partial charge in [-0.05, 0) is 29.5 Å². The highest BCUT2D eigenvalue weighted by Crippen LogP contribution is 2.12. The fourth-order valence-corrected chi connectivity index (χ4v) is 1.80. The lowest BCUT2D eigenvalue weighted by Crippen LogP contribution is -2.07. The SMILES string of the molecule is CCOCc1nc(NC)cc(-n2cc(I)cn2)n1. The summed E-state index contributed by atoms with van der Waals surface area (Å²) in [6.45, 7) is 2.98. The first kappa shape index (κ1) is 13.2. The van der Waals surface area contributed by atoms with Crippen LogP contribution in [-0.2, 0) is 11.3 Å². The molecule has 2 heterocycles. The van der Waals surface area contributed by atoms with Gasteiger partial charge in [0.25, 0.3) is 0 Å². The number of halogens is 1. The fraction of sp³-hybridized carbons (Fsp3) is 0.364. The van der Waals surface area contributed by atoms with Gasteiger partial charge in [-0.1, -0.05) is 0 Å². The Morgan fingerprint density at radius 3 is 2.89 bits per heavy atom. The quantitative estimate of drug-likeness (QED) is 0.826. The zero-order chi connectivity index (χ0) is 13.0. The molecule has 0 bridgehead atoms. The van der Waals surface area contributed by atoms with Gasteiger partial charge in [0, 0.05) is 25.9 Å². The molecule has 0 aliphatic rings. The molecule has 0 unspecified atom stereocenters. The Labute approximate surface area is 119 Å². The molecule has 18 heavy (non-hydrogen) atoms. The van der Waals surface area contributed by atoms with E-state index in [0.717, 1.165) is 15.2 Å². The molecule has 0 fully saturated rings. The Kier molecular flexibility index (Phi) is 4.48. The second-order valence-electron chi connectivity index (χ2n) is 3.52. The van der Waals surface area contributed by atoms with Gasteiger partial charge >= 0.3 is 0 Å². The van der Waals surface area contributed by atoms with E-state index in [-0.39, 0.29) is 0 Å². The zero-order valence-electron chi connectivity index (χ0n) is 10.2. The van der Waals surface area contributed by atoms with Crippen molar-refractivity contribution in [2.75, 3.05) is 19.0 Å². The highest BCUT2D eigenvalue weighted by atomic mass is 127. The fourth-order valence-electron chi connectivity index (χ4n) is 1.41. The van der Waals surface area contributed by atoms with E-state index in [4.69, 9.17) is 4.74 Å². The molecule has 0 radical (unpaired) electrons. The van der Waals surface area contributed by atoms with Crippen molar-refractivity contribution >= 4 is 28.4 Å². The minimum atomic E-state index is 0.400. The third-order valence-corrected chi connectivity index (χ3v) is 2.79. The maximum atomic E-state index is 5.33. The van der Waals surface area contributed by atoms with Crippen LogP contribution in [0.3, 0.4) is 0 Å². The standard InChI is InChI=1S/C11H14IN5O/c1-3-18-7-10-15-9(13-2)4-11(16-10)17-6-8(12)5-14-17/h4-6H,3,7H2,1-2H3,(H,13,15,16). The van der Waals surface area contributed by atoms with Crippen LogP contribution in [0.5, 0.6) is 0 Å². The summed E-state index contributed by atoms with van der Waals surface area (Å²) in [4.78, 5) is 8.75. The van der Waals surface area contributed by atoms with Gasteiger partial charge < -0.3 is 10.1 Å². The molecule has 6 nitrogen and oxygen atoms in total. The largest absolute Gasteiger partial charge is 0.374 e. The monoisotopic (exact) mass is 359 g/mol. The normalized spacial score (nSPS) is 10.6. The van der Waals surface area contributed by atoms with Crippen molar-refractivity contribution in [3.63, 3.8) is 0 Å². The van der Waals surface area contributed by atoms with Crippen LogP contribution in [-0.4, -0.2) is 33.4 Å². The van der Waals surface area contributed by atoms with E-state index >= 15 is 0 Å². The minimum absolute atomic E-state index is 0.400. The minimum Gasteiger partial charge on any atom is -0.374 e. The number of hydrogen-bond donors (Lipinski definition) is 1. The zero-order valence-corrected chi connectivity index (χ0v) is 12.4. The van der Waals surface area contributed by atoms with Gasteiger partial charge in [0.15, 0.2) is 11.6 Å². The average Bonchev–Trinajstić information content (AvgIpc) is 2.82. The third-order valence-electron chi connectivity index (χ3n) is 2.24. The predicted molar refractivity (Wildman–Crippen MR) is 76.7 cm³/mol. The van der Waals surface area contributed by atoms with Gasteiger partial charge in [-0.2, -0.15) is 5.10 Å². The number of anilines is 1. The van der Waals surface area contributed by atoms with Crippen LogP contribution in [0.4, 0.5) is 5.82 Å². The second-order valence-corrected chi connectivity index (χ2v) is 4.76. The van der Waals surface area contributed by atoms with Crippen molar-refractivity contribution in [2.24, 2.45) is 0 Å². The molecule has 7 heteroatoms. The molecular formula is C11H14IN5O. The van der Waals surface area contributed by atoms with E-state index < -0.39 is 0 Å². The van der Waals surface area contributed by atoms with Crippen LogP contribution in [0.25, 0.3) is 5.82 Å². The number of hydrogen-bond acceptors (Lipinski definition) is 5. The van der Waals surface area contributed by atoms with E-state index in [1.807, 2.05) is 26.2 Å². The topological polar surface area (TPSA) is 64.9 Å². The van der Waals surface area contributed by atoms with Crippen molar-refractivity contribution in [3.8, 4) is 5.82 Å². The molecule has 0 aliphatic carbocycles. The summed E-state index contributed by atoms with van der Waals surface area (Å²) in [6.07, 6.45) is 3.69. The molecule has 0 aliphatic heterocycles. The van der Waals surface area contributed by atoms with Crippen LogP contribution in [0.15, 0.2) is 18.5 Å². The van der Waals surface area contributed by atoms with Crippen molar-refractivity contribution in [3.05, 3.63) is 27.9 Å². The second kappa shape index (κ2) is 6.10. The first-order chi connectivity index (χ1) is 8.72. The maximum Gasteiger partial charge on any atom is 0.159 e. The highest BCUT2D eigenvalue weighted by molar-refractivity contribution is 14.1. The van der Waals surface area contributed by atoms with Crippen LogP contribution < -0.4 is 5.32 Å². The first-order valence-electron chi connectivity index (χ1n) is 5.57. The number of rotatable bonds is 5. The van der Waals surface area contributed by atoms with Crippen LogP contribution >= 0.6 is 22.6 Å². The first-order valence-corrected chi connectivity index (χ1v) is 6.64. The third kappa shape index (κ3) is 3.16. The van der Waals surface area contributed by atoms with Gasteiger partial charge in [0.1, 0.15) is 12.4 Å². The lowest BCUT2D eigenvalue weighted by Gasteiger charge is -2.07. The molecule has 0 saturated heterocycles. The highest BCUT2D eigenvalue weighted by Gasteiger charge is 2.06. The van der Waals surface area contributed by atoms with E-state index in [1.165, 1.54) is 0 Å². The Balaban J connectivity index is 2.34. The summed E-state index contributed by atoms with van der Waals surface area (Å²) in [7, 11) is 1.82. The summed E-state index contributed by atoms with van der Waals surface area (Å²) in [5.74, 6) is 2.12. The Hall–Kier alpha value is -1.22. The maximum absolute atomic E-state index is 5.33. The van der Waals surface area contributed by atoms with Crippen molar-refractivity contribution < 1.29 is 4.74 Å². The molecule has 96 valence electrons. The molecule has 2 rings (SSSR count). The van der Waals surface area contributed by atoms with Gasteiger partial charge in [-0.15, -0.1) is 0 Å². The summed E-state index contributed by atoms with van der Waals surface area (Å²) in [6, 6.07) is 1.85. The molecule has 0 saturated carbocycles. The molecule has 0 aromatic carbocycles. The van der Waals surface area contributed by atoms with E-state index in [2.05, 4.69) is 43.0 Å². The van der Waals surface area contributed by atoms with E-state index in [9.17, 15) is 0 Å². The predicted octanol–water partition coefficient (Wildman–Crippen LogP) is 1.85.